The van der Waals surface area contributed by atoms with E-state index in [-0.39, 0.29) is 29.2 Å². The van der Waals surface area contributed by atoms with E-state index in [9.17, 15) is 9.90 Å². The molecule has 2 aliphatic carbocycles. The number of carbonyl (C=O) groups is 1. The largest absolute Gasteiger partial charge is 0.504 e. The van der Waals surface area contributed by atoms with E-state index in [0.29, 0.717) is 17.7 Å². The van der Waals surface area contributed by atoms with Crippen LogP contribution in [0.2, 0.25) is 0 Å². The Morgan fingerprint density at radius 3 is 3.13 bits per heavy atom. The second kappa shape index (κ2) is 4.41. The Morgan fingerprint density at radius 2 is 2.30 bits per heavy atom. The summed E-state index contributed by atoms with van der Waals surface area (Å²) < 4.78 is 6.33. The summed E-state index contributed by atoms with van der Waals surface area (Å²) in [4.78, 5) is 11.6. The van der Waals surface area contributed by atoms with Crippen LogP contribution in [0, 0.1) is 5.92 Å². The first-order valence-electron chi connectivity index (χ1n) is 8.64. The van der Waals surface area contributed by atoms with Gasteiger partial charge in [0, 0.05) is 23.9 Å². The molecular weight excluding hydrogens is 292 g/mol. The Kier molecular flexibility index (Phi) is 2.62. The van der Waals surface area contributed by atoms with Crippen LogP contribution >= 0.6 is 0 Å². The third-order valence-electron chi connectivity index (χ3n) is 6.52. The van der Waals surface area contributed by atoms with E-state index in [1.54, 1.807) is 13.0 Å². The van der Waals surface area contributed by atoms with Crippen LogP contribution in [-0.4, -0.2) is 35.7 Å². The number of hydrogen-bond donors (Lipinski definition) is 3. The molecule has 5 nitrogen and oxygen atoms in total. The number of phenolic OH excluding ortho intramolecular Hbond substituents is 1. The second-order valence-electron chi connectivity index (χ2n) is 7.53. The SMILES string of the molecule is CC(=O)N[C@H]1CCC2C3Cc4ccc(O)c5c4C2(CCN3)[C@H]1O5. The van der Waals surface area contributed by atoms with Gasteiger partial charge in [-0.1, -0.05) is 6.07 Å². The second-order valence-corrected chi connectivity index (χ2v) is 7.53. The number of amides is 1. The average Bonchev–Trinajstić information content (AvgIpc) is 2.85. The molecule has 1 aromatic rings. The highest BCUT2D eigenvalue weighted by atomic mass is 16.5. The van der Waals surface area contributed by atoms with Gasteiger partial charge in [-0.05, 0) is 49.8 Å². The average molecular weight is 314 g/mol. The van der Waals surface area contributed by atoms with Crippen LogP contribution in [0.25, 0.3) is 0 Å². The fourth-order valence-corrected chi connectivity index (χ4v) is 5.87. The van der Waals surface area contributed by atoms with Crippen LogP contribution in [0.3, 0.4) is 0 Å². The van der Waals surface area contributed by atoms with Crippen molar-refractivity contribution in [2.75, 3.05) is 6.54 Å². The van der Waals surface area contributed by atoms with Crippen molar-refractivity contribution in [1.82, 2.24) is 10.6 Å². The first kappa shape index (κ1) is 13.7. The topological polar surface area (TPSA) is 70.6 Å². The molecule has 1 saturated carbocycles. The molecule has 5 heteroatoms. The van der Waals surface area contributed by atoms with Crippen molar-refractivity contribution in [2.45, 2.75) is 56.2 Å². The van der Waals surface area contributed by atoms with E-state index in [4.69, 9.17) is 4.74 Å². The number of ether oxygens (including phenoxy) is 1. The van der Waals surface area contributed by atoms with Crippen molar-refractivity contribution in [3.05, 3.63) is 23.3 Å². The molecule has 1 spiro atoms. The van der Waals surface area contributed by atoms with Gasteiger partial charge in [-0.25, -0.2) is 0 Å². The van der Waals surface area contributed by atoms with Gasteiger partial charge < -0.3 is 20.5 Å². The lowest BCUT2D eigenvalue weighted by Crippen LogP contribution is -2.68. The van der Waals surface area contributed by atoms with Crippen molar-refractivity contribution in [1.29, 1.82) is 0 Å². The summed E-state index contributed by atoms with van der Waals surface area (Å²) in [5, 5.41) is 17.1. The van der Waals surface area contributed by atoms with Gasteiger partial charge >= 0.3 is 0 Å². The van der Waals surface area contributed by atoms with Gasteiger partial charge in [0.2, 0.25) is 5.91 Å². The summed E-state index contributed by atoms with van der Waals surface area (Å²) in [6.45, 7) is 2.54. The molecule has 3 unspecified atom stereocenters. The van der Waals surface area contributed by atoms with Crippen molar-refractivity contribution in [3.63, 3.8) is 0 Å². The molecule has 1 saturated heterocycles. The Hall–Kier alpha value is -1.75. The minimum absolute atomic E-state index is 0.00449. The third-order valence-corrected chi connectivity index (χ3v) is 6.52. The van der Waals surface area contributed by atoms with E-state index < -0.39 is 0 Å². The van der Waals surface area contributed by atoms with E-state index in [0.717, 1.165) is 32.2 Å². The molecule has 1 amide bonds. The lowest BCUT2D eigenvalue weighted by Gasteiger charge is -2.56. The first-order valence-corrected chi connectivity index (χ1v) is 8.64. The Labute approximate surface area is 135 Å². The zero-order valence-corrected chi connectivity index (χ0v) is 13.3. The van der Waals surface area contributed by atoms with E-state index in [1.807, 2.05) is 0 Å². The number of carbonyl (C=O) groups excluding carboxylic acids is 1. The molecule has 5 atom stereocenters. The van der Waals surface area contributed by atoms with Gasteiger partial charge in [0.05, 0.1) is 6.04 Å². The molecule has 5 rings (SSSR count). The van der Waals surface area contributed by atoms with Crippen LogP contribution in [0.15, 0.2) is 12.1 Å². The van der Waals surface area contributed by atoms with Crippen LogP contribution < -0.4 is 15.4 Å². The number of piperidine rings is 1. The minimum atomic E-state index is -0.0582. The quantitative estimate of drug-likeness (QED) is 0.729. The van der Waals surface area contributed by atoms with Crippen molar-refractivity contribution < 1.29 is 14.6 Å². The molecular formula is C18H22N2O3. The highest BCUT2D eigenvalue weighted by Crippen LogP contribution is 2.62. The third kappa shape index (κ3) is 1.58. The van der Waals surface area contributed by atoms with Gasteiger partial charge in [0.15, 0.2) is 11.5 Å². The molecule has 3 N–H and O–H groups in total. The van der Waals surface area contributed by atoms with Crippen molar-refractivity contribution in [2.24, 2.45) is 5.92 Å². The monoisotopic (exact) mass is 314 g/mol. The highest BCUT2D eigenvalue weighted by Gasteiger charge is 2.64. The van der Waals surface area contributed by atoms with E-state index in [2.05, 4.69) is 16.7 Å². The molecule has 122 valence electrons. The lowest BCUT2D eigenvalue weighted by molar-refractivity contribution is -0.121. The summed E-state index contributed by atoms with van der Waals surface area (Å²) in [6, 6.07) is 4.32. The summed E-state index contributed by atoms with van der Waals surface area (Å²) in [5.74, 6) is 1.44. The standard InChI is InChI=1S/C18H22N2O3/c1-9(21)20-12-4-3-11-13-8-10-2-5-14(22)16-15(10)18(11,6-7-19-13)17(12)23-16/h2,5,11-13,17,19,22H,3-4,6-8H2,1H3,(H,20,21)/t11?,12-,13?,17-,18?/m0/s1. The number of nitrogens with one attached hydrogen (secondary N) is 2. The van der Waals surface area contributed by atoms with Gasteiger partial charge in [-0.3, -0.25) is 4.79 Å². The zero-order valence-electron chi connectivity index (χ0n) is 13.3. The Morgan fingerprint density at radius 1 is 1.43 bits per heavy atom. The maximum atomic E-state index is 11.6. The lowest BCUT2D eigenvalue weighted by atomic mass is 9.51. The molecule has 0 aromatic heterocycles. The predicted molar refractivity (Wildman–Crippen MR) is 84.6 cm³/mol. The highest BCUT2D eigenvalue weighted by molar-refractivity contribution is 5.73. The zero-order chi connectivity index (χ0) is 15.8. The minimum Gasteiger partial charge on any atom is -0.504 e. The first-order chi connectivity index (χ1) is 11.1. The fourth-order valence-electron chi connectivity index (χ4n) is 5.87. The summed E-state index contributed by atoms with van der Waals surface area (Å²) in [5.41, 5.74) is 2.49. The smallest absolute Gasteiger partial charge is 0.217 e. The summed E-state index contributed by atoms with van der Waals surface area (Å²) >= 11 is 0. The van der Waals surface area contributed by atoms with Crippen LogP contribution in [0.1, 0.15) is 37.3 Å². The molecule has 23 heavy (non-hydrogen) atoms. The summed E-state index contributed by atoms with van der Waals surface area (Å²) in [7, 11) is 0. The molecule has 2 heterocycles. The number of phenols is 1. The predicted octanol–water partition coefficient (Wildman–Crippen LogP) is 1.22. The van der Waals surface area contributed by atoms with Crippen molar-refractivity contribution in [3.8, 4) is 11.5 Å². The van der Waals surface area contributed by atoms with Crippen LogP contribution in [-0.2, 0) is 16.6 Å². The molecule has 2 bridgehead atoms. The summed E-state index contributed by atoms with van der Waals surface area (Å²) in [6.07, 6.45) is 4.00. The number of hydrogen-bond acceptors (Lipinski definition) is 4. The van der Waals surface area contributed by atoms with Gasteiger partial charge in [-0.15, -0.1) is 0 Å². The number of aromatic hydroxyl groups is 1. The van der Waals surface area contributed by atoms with Crippen LogP contribution in [0.5, 0.6) is 11.5 Å². The molecule has 2 fully saturated rings. The molecule has 0 radical (unpaired) electrons. The maximum absolute atomic E-state index is 11.6. The molecule has 4 aliphatic rings. The van der Waals surface area contributed by atoms with E-state index in [1.165, 1.54) is 11.1 Å². The van der Waals surface area contributed by atoms with Gasteiger partial charge in [-0.2, -0.15) is 0 Å². The number of benzene rings is 1. The van der Waals surface area contributed by atoms with Crippen LogP contribution in [0.4, 0.5) is 0 Å². The van der Waals surface area contributed by atoms with Gasteiger partial charge in [0.1, 0.15) is 6.10 Å². The Balaban J connectivity index is 1.71. The maximum Gasteiger partial charge on any atom is 0.217 e. The normalized spacial score (nSPS) is 39.3. The van der Waals surface area contributed by atoms with E-state index >= 15 is 0 Å². The fraction of sp³-hybridized carbons (Fsp3) is 0.611. The van der Waals surface area contributed by atoms with Crippen molar-refractivity contribution >= 4 is 5.91 Å². The molecule has 1 aromatic carbocycles. The Bertz CT molecular complexity index is 704. The number of rotatable bonds is 1. The molecule has 2 aliphatic heterocycles. The van der Waals surface area contributed by atoms with Gasteiger partial charge in [0.25, 0.3) is 0 Å².